The average Bonchev–Trinajstić information content (AvgIpc) is 2.56. The molecule has 0 aliphatic carbocycles. The van der Waals surface area contributed by atoms with Gasteiger partial charge in [-0.05, 0) is 50.7 Å². The van der Waals surface area contributed by atoms with Gasteiger partial charge in [0.05, 0.1) is 15.9 Å². The first kappa shape index (κ1) is 15.0. The van der Waals surface area contributed by atoms with Crippen molar-refractivity contribution in [3.8, 4) is 0 Å². The zero-order valence-corrected chi connectivity index (χ0v) is 13.6. The van der Waals surface area contributed by atoms with Gasteiger partial charge in [-0.25, -0.2) is 0 Å². The molecule has 0 spiro atoms. The fraction of sp³-hybridized carbons (Fsp3) is 0.750. The van der Waals surface area contributed by atoms with Crippen LogP contribution in [0, 0.1) is 6.92 Å². The minimum Gasteiger partial charge on any atom is -0.294 e. The van der Waals surface area contributed by atoms with Crippen molar-refractivity contribution in [2.75, 3.05) is 12.9 Å². The number of aryl methyl sites for hydroxylation is 2. The maximum Gasteiger partial charge on any atom is 0.0739 e. The highest BCUT2D eigenvalue weighted by atomic mass is 79.9. The molecule has 17 heavy (non-hydrogen) atoms. The Morgan fingerprint density at radius 3 is 2.53 bits per heavy atom. The molecule has 1 heterocycles. The maximum absolute atomic E-state index is 6.00. The summed E-state index contributed by atoms with van der Waals surface area (Å²) >= 11 is 9.61. The van der Waals surface area contributed by atoms with E-state index in [1.54, 1.807) is 0 Å². The number of nitrogens with zero attached hydrogens (tertiary/aromatic N) is 3. The van der Waals surface area contributed by atoms with Gasteiger partial charge in [-0.2, -0.15) is 5.10 Å². The predicted molar refractivity (Wildman–Crippen MR) is 76.6 cm³/mol. The third kappa shape index (κ3) is 3.24. The van der Waals surface area contributed by atoms with Crippen molar-refractivity contribution >= 4 is 27.5 Å². The fourth-order valence-electron chi connectivity index (χ4n) is 1.56. The number of alkyl halides is 1. The number of aromatic nitrogens is 2. The van der Waals surface area contributed by atoms with Gasteiger partial charge in [0, 0.05) is 24.5 Å². The van der Waals surface area contributed by atoms with Crippen molar-refractivity contribution < 1.29 is 0 Å². The summed E-state index contributed by atoms with van der Waals surface area (Å²) in [6.45, 7) is 10.1. The second kappa shape index (κ2) is 5.72. The number of hydrogen-bond donors (Lipinski definition) is 0. The van der Waals surface area contributed by atoms with E-state index >= 15 is 0 Å². The van der Waals surface area contributed by atoms with Gasteiger partial charge >= 0.3 is 0 Å². The molecule has 1 rings (SSSR count). The molecule has 1 aromatic heterocycles. The van der Waals surface area contributed by atoms with Gasteiger partial charge in [-0.15, -0.1) is 11.6 Å². The minimum atomic E-state index is -0.0161. The van der Waals surface area contributed by atoms with Crippen LogP contribution in [0.4, 0.5) is 0 Å². The molecular weight excluding hydrogens is 302 g/mol. The SMILES string of the molecule is CCn1nc(C)c(Br)c1CN(C)C(C)(C)CCl. The van der Waals surface area contributed by atoms with Gasteiger partial charge in [-0.1, -0.05) is 0 Å². The average molecular weight is 323 g/mol. The summed E-state index contributed by atoms with van der Waals surface area (Å²) in [5.41, 5.74) is 2.24. The van der Waals surface area contributed by atoms with Crippen LogP contribution in [0.25, 0.3) is 0 Å². The Kier molecular flexibility index (Phi) is 5.05. The molecule has 0 radical (unpaired) electrons. The van der Waals surface area contributed by atoms with Crippen LogP contribution in [0.2, 0.25) is 0 Å². The topological polar surface area (TPSA) is 21.1 Å². The molecule has 5 heteroatoms. The fourth-order valence-corrected chi connectivity index (χ4v) is 2.17. The lowest BCUT2D eigenvalue weighted by Crippen LogP contribution is -2.42. The van der Waals surface area contributed by atoms with Gasteiger partial charge in [0.25, 0.3) is 0 Å². The third-order valence-electron chi connectivity index (χ3n) is 3.20. The van der Waals surface area contributed by atoms with Crippen LogP contribution in [-0.2, 0) is 13.1 Å². The molecule has 0 N–H and O–H groups in total. The number of hydrogen-bond acceptors (Lipinski definition) is 2. The van der Waals surface area contributed by atoms with E-state index in [1.165, 1.54) is 5.69 Å². The van der Waals surface area contributed by atoms with Crippen molar-refractivity contribution in [2.24, 2.45) is 0 Å². The van der Waals surface area contributed by atoms with Crippen LogP contribution in [-0.4, -0.2) is 33.1 Å². The normalized spacial score (nSPS) is 12.5. The zero-order valence-electron chi connectivity index (χ0n) is 11.2. The highest BCUT2D eigenvalue weighted by molar-refractivity contribution is 9.10. The highest BCUT2D eigenvalue weighted by Crippen LogP contribution is 2.25. The largest absolute Gasteiger partial charge is 0.294 e. The molecule has 0 aliphatic heterocycles. The summed E-state index contributed by atoms with van der Waals surface area (Å²) in [6.07, 6.45) is 0. The van der Waals surface area contributed by atoms with E-state index < -0.39 is 0 Å². The van der Waals surface area contributed by atoms with Crippen LogP contribution < -0.4 is 0 Å². The molecule has 98 valence electrons. The molecule has 0 atom stereocenters. The molecule has 0 aromatic carbocycles. The first-order valence-corrected chi connectivity index (χ1v) is 7.15. The lowest BCUT2D eigenvalue weighted by molar-refractivity contribution is 0.165. The number of halogens is 2. The number of rotatable bonds is 5. The van der Waals surface area contributed by atoms with E-state index in [9.17, 15) is 0 Å². The molecule has 0 bridgehead atoms. The van der Waals surface area contributed by atoms with Crippen LogP contribution in [0.1, 0.15) is 32.2 Å². The first-order valence-electron chi connectivity index (χ1n) is 5.82. The van der Waals surface area contributed by atoms with Crippen molar-refractivity contribution in [1.29, 1.82) is 0 Å². The van der Waals surface area contributed by atoms with E-state index in [0.717, 1.165) is 23.3 Å². The molecule has 0 saturated heterocycles. The molecule has 0 fully saturated rings. The lowest BCUT2D eigenvalue weighted by Gasteiger charge is -2.33. The van der Waals surface area contributed by atoms with Gasteiger partial charge in [0.1, 0.15) is 0 Å². The van der Waals surface area contributed by atoms with E-state index in [4.69, 9.17) is 11.6 Å². The minimum absolute atomic E-state index is 0.0161. The van der Waals surface area contributed by atoms with E-state index in [1.807, 2.05) is 11.6 Å². The zero-order chi connectivity index (χ0) is 13.2. The van der Waals surface area contributed by atoms with E-state index in [2.05, 4.69) is 53.7 Å². The molecule has 0 unspecified atom stereocenters. The van der Waals surface area contributed by atoms with E-state index in [0.29, 0.717) is 5.88 Å². The highest BCUT2D eigenvalue weighted by Gasteiger charge is 2.24. The summed E-state index contributed by atoms with van der Waals surface area (Å²) in [4.78, 5) is 2.26. The van der Waals surface area contributed by atoms with Gasteiger partial charge in [-0.3, -0.25) is 9.58 Å². The van der Waals surface area contributed by atoms with Crippen LogP contribution in [0.15, 0.2) is 4.47 Å². The molecule has 0 aliphatic rings. The van der Waals surface area contributed by atoms with Gasteiger partial charge in [0.2, 0.25) is 0 Å². The van der Waals surface area contributed by atoms with Gasteiger partial charge < -0.3 is 0 Å². The molecule has 0 saturated carbocycles. The molecule has 0 amide bonds. The molecular formula is C12H21BrClN3. The second-order valence-electron chi connectivity index (χ2n) is 4.96. The Morgan fingerprint density at radius 1 is 1.47 bits per heavy atom. The van der Waals surface area contributed by atoms with Crippen LogP contribution in [0.5, 0.6) is 0 Å². The monoisotopic (exact) mass is 321 g/mol. The van der Waals surface area contributed by atoms with Gasteiger partial charge in [0.15, 0.2) is 0 Å². The first-order chi connectivity index (χ1) is 7.83. The Bertz CT molecular complexity index is 387. The maximum atomic E-state index is 6.00. The standard InChI is InChI=1S/C12H21BrClN3/c1-6-17-10(11(13)9(2)15-17)7-16(5)12(3,4)8-14/h6-8H2,1-5H3. The summed E-state index contributed by atoms with van der Waals surface area (Å²) in [5, 5.41) is 4.50. The van der Waals surface area contributed by atoms with Crippen molar-refractivity contribution in [3.63, 3.8) is 0 Å². The van der Waals surface area contributed by atoms with Crippen LogP contribution >= 0.6 is 27.5 Å². The Balaban J connectivity index is 2.95. The predicted octanol–water partition coefficient (Wildman–Crippen LogP) is 3.42. The second-order valence-corrected chi connectivity index (χ2v) is 6.02. The lowest BCUT2D eigenvalue weighted by atomic mass is 10.1. The Morgan fingerprint density at radius 2 is 2.06 bits per heavy atom. The van der Waals surface area contributed by atoms with Crippen molar-refractivity contribution in [3.05, 3.63) is 15.9 Å². The Hall–Kier alpha value is -0.0600. The summed E-state index contributed by atoms with van der Waals surface area (Å²) < 4.78 is 3.15. The van der Waals surface area contributed by atoms with Crippen molar-refractivity contribution in [2.45, 2.75) is 46.3 Å². The smallest absolute Gasteiger partial charge is 0.0739 e. The third-order valence-corrected chi connectivity index (χ3v) is 4.89. The quantitative estimate of drug-likeness (QED) is 0.775. The van der Waals surface area contributed by atoms with E-state index in [-0.39, 0.29) is 5.54 Å². The Labute approximate surface area is 117 Å². The van der Waals surface area contributed by atoms with Crippen molar-refractivity contribution in [1.82, 2.24) is 14.7 Å². The molecule has 3 nitrogen and oxygen atoms in total. The summed E-state index contributed by atoms with van der Waals surface area (Å²) in [7, 11) is 2.09. The summed E-state index contributed by atoms with van der Waals surface area (Å²) in [6, 6.07) is 0. The molecule has 1 aromatic rings. The van der Waals surface area contributed by atoms with Crippen LogP contribution in [0.3, 0.4) is 0 Å². The summed E-state index contributed by atoms with van der Waals surface area (Å²) in [5.74, 6) is 0.611.